The Hall–Kier alpha value is -1.61. The molecule has 0 saturated carbocycles. The largest absolute Gasteiger partial charge is 0.530 e. The second-order valence-electron chi connectivity index (χ2n) is 5.61. The highest BCUT2D eigenvalue weighted by Crippen LogP contribution is 2.52. The van der Waals surface area contributed by atoms with Crippen molar-refractivity contribution in [2.24, 2.45) is 0 Å². The summed E-state index contributed by atoms with van der Waals surface area (Å²) in [7, 11) is -3.61. The number of phosphoric ester groups is 1. The third-order valence-corrected chi connectivity index (χ3v) is 5.10. The van der Waals surface area contributed by atoms with Gasteiger partial charge >= 0.3 is 7.82 Å². The first kappa shape index (κ1) is 15.3. The highest BCUT2D eigenvalue weighted by molar-refractivity contribution is 7.48. The van der Waals surface area contributed by atoms with Crippen LogP contribution in [0, 0.1) is 20.8 Å². The van der Waals surface area contributed by atoms with Crippen LogP contribution in [0.2, 0.25) is 0 Å². The van der Waals surface area contributed by atoms with Crippen LogP contribution in [0.1, 0.15) is 27.8 Å². The van der Waals surface area contributed by atoms with Gasteiger partial charge in [-0.05, 0) is 60.7 Å². The molecule has 0 bridgehead atoms. The van der Waals surface area contributed by atoms with Gasteiger partial charge in [0.2, 0.25) is 0 Å². The third-order valence-electron chi connectivity index (χ3n) is 3.78. The molecule has 0 amide bonds. The summed E-state index contributed by atoms with van der Waals surface area (Å²) in [5.41, 5.74) is 5.37. The van der Waals surface area contributed by atoms with Crippen LogP contribution in [0.3, 0.4) is 0 Å². The SMILES string of the molecule is Cc1cccc(OP2(=O)OCc3cc(C)c(C)cc3CO2)c1. The fraction of sp³-hybridized carbons (Fsp3) is 0.294. The highest BCUT2D eigenvalue weighted by Gasteiger charge is 2.32. The Bertz CT molecular complexity index is 717. The number of aryl methyl sites for hydroxylation is 3. The van der Waals surface area contributed by atoms with Gasteiger partial charge in [-0.1, -0.05) is 24.3 Å². The summed E-state index contributed by atoms with van der Waals surface area (Å²) in [6.45, 7) is 6.48. The van der Waals surface area contributed by atoms with E-state index in [1.54, 1.807) is 12.1 Å². The third kappa shape index (κ3) is 3.25. The second-order valence-corrected chi connectivity index (χ2v) is 7.20. The van der Waals surface area contributed by atoms with Gasteiger partial charge in [-0.15, -0.1) is 0 Å². The summed E-state index contributed by atoms with van der Waals surface area (Å²) in [4.78, 5) is 0. The number of fused-ring (bicyclic) bond motifs is 1. The summed E-state index contributed by atoms with van der Waals surface area (Å²) < 4.78 is 29.1. The van der Waals surface area contributed by atoms with Gasteiger partial charge in [0, 0.05) is 0 Å². The minimum absolute atomic E-state index is 0.222. The van der Waals surface area contributed by atoms with Crippen LogP contribution >= 0.6 is 7.82 Å². The Labute approximate surface area is 130 Å². The maximum Gasteiger partial charge on any atom is 0.530 e. The number of hydrogen-bond donors (Lipinski definition) is 0. The predicted molar refractivity (Wildman–Crippen MR) is 84.9 cm³/mol. The van der Waals surface area contributed by atoms with Crippen LogP contribution in [0.15, 0.2) is 36.4 Å². The number of hydrogen-bond acceptors (Lipinski definition) is 4. The number of rotatable bonds is 2. The zero-order valence-electron chi connectivity index (χ0n) is 13.0. The molecule has 0 radical (unpaired) electrons. The van der Waals surface area contributed by atoms with Crippen LogP contribution < -0.4 is 4.52 Å². The monoisotopic (exact) mass is 318 g/mol. The minimum Gasteiger partial charge on any atom is -0.404 e. The summed E-state index contributed by atoms with van der Waals surface area (Å²) >= 11 is 0. The first-order valence-electron chi connectivity index (χ1n) is 7.19. The Kier molecular flexibility index (Phi) is 4.09. The highest BCUT2D eigenvalue weighted by atomic mass is 31.2. The molecule has 0 spiro atoms. The molecular formula is C17H19O4P. The molecule has 3 rings (SSSR count). The Morgan fingerprint density at radius 1 is 0.955 bits per heavy atom. The van der Waals surface area contributed by atoms with Gasteiger partial charge in [-0.3, -0.25) is 9.05 Å². The van der Waals surface area contributed by atoms with E-state index in [4.69, 9.17) is 13.6 Å². The van der Waals surface area contributed by atoms with E-state index >= 15 is 0 Å². The van der Waals surface area contributed by atoms with E-state index in [9.17, 15) is 4.57 Å². The van der Waals surface area contributed by atoms with Crippen LogP contribution in [0.5, 0.6) is 5.75 Å². The first-order chi connectivity index (χ1) is 10.5. The van der Waals surface area contributed by atoms with E-state index in [-0.39, 0.29) is 13.2 Å². The van der Waals surface area contributed by atoms with Crippen LogP contribution in [-0.2, 0) is 26.8 Å². The molecule has 0 aromatic heterocycles. The molecule has 0 unspecified atom stereocenters. The molecular weight excluding hydrogens is 299 g/mol. The zero-order chi connectivity index (χ0) is 15.7. The lowest BCUT2D eigenvalue weighted by atomic mass is 10.0. The van der Waals surface area contributed by atoms with Crippen molar-refractivity contribution in [1.82, 2.24) is 0 Å². The van der Waals surface area contributed by atoms with E-state index < -0.39 is 7.82 Å². The molecule has 1 aliphatic heterocycles. The molecule has 1 heterocycles. The van der Waals surface area contributed by atoms with Gasteiger partial charge in [0.15, 0.2) is 0 Å². The van der Waals surface area contributed by atoms with Gasteiger partial charge in [-0.25, -0.2) is 4.57 Å². The molecule has 2 aromatic rings. The molecule has 2 aromatic carbocycles. The molecule has 22 heavy (non-hydrogen) atoms. The van der Waals surface area contributed by atoms with E-state index in [2.05, 4.69) is 12.1 Å². The van der Waals surface area contributed by atoms with Gasteiger partial charge in [0.05, 0.1) is 13.2 Å². The predicted octanol–water partition coefficient (Wildman–Crippen LogP) is 4.85. The van der Waals surface area contributed by atoms with Gasteiger partial charge in [0.25, 0.3) is 0 Å². The van der Waals surface area contributed by atoms with Gasteiger partial charge < -0.3 is 4.52 Å². The van der Waals surface area contributed by atoms with Crippen molar-refractivity contribution in [2.75, 3.05) is 0 Å². The average molecular weight is 318 g/mol. The maximum absolute atomic E-state index is 12.7. The molecule has 0 N–H and O–H groups in total. The van der Waals surface area contributed by atoms with Crippen molar-refractivity contribution >= 4 is 7.82 Å². The zero-order valence-corrected chi connectivity index (χ0v) is 13.9. The average Bonchev–Trinajstić information content (AvgIpc) is 2.61. The van der Waals surface area contributed by atoms with Crippen molar-refractivity contribution < 1.29 is 18.1 Å². The normalized spacial score (nSPS) is 16.7. The Morgan fingerprint density at radius 3 is 2.09 bits per heavy atom. The van der Waals surface area contributed by atoms with Crippen molar-refractivity contribution in [3.05, 3.63) is 64.2 Å². The Balaban J connectivity index is 1.82. The summed E-state index contributed by atoms with van der Waals surface area (Å²) in [5.74, 6) is 0.488. The first-order valence-corrected chi connectivity index (χ1v) is 8.66. The van der Waals surface area contributed by atoms with Crippen molar-refractivity contribution in [2.45, 2.75) is 34.0 Å². The van der Waals surface area contributed by atoms with Crippen molar-refractivity contribution in [3.63, 3.8) is 0 Å². The smallest absolute Gasteiger partial charge is 0.404 e. The van der Waals surface area contributed by atoms with E-state index in [1.165, 1.54) is 11.1 Å². The lowest BCUT2D eigenvalue weighted by Gasteiger charge is -2.16. The van der Waals surface area contributed by atoms with E-state index in [0.29, 0.717) is 5.75 Å². The molecule has 0 atom stereocenters. The van der Waals surface area contributed by atoms with E-state index in [1.807, 2.05) is 32.9 Å². The quantitative estimate of drug-likeness (QED) is 0.743. The molecule has 0 aliphatic carbocycles. The Morgan fingerprint density at radius 2 is 1.55 bits per heavy atom. The van der Waals surface area contributed by atoms with E-state index in [0.717, 1.165) is 16.7 Å². The lowest BCUT2D eigenvalue weighted by Crippen LogP contribution is -1.99. The fourth-order valence-corrected chi connectivity index (χ4v) is 3.54. The van der Waals surface area contributed by atoms with Crippen LogP contribution in [0.4, 0.5) is 0 Å². The van der Waals surface area contributed by atoms with Gasteiger partial charge in [0.1, 0.15) is 5.75 Å². The minimum atomic E-state index is -3.61. The topological polar surface area (TPSA) is 44.8 Å². The molecule has 5 heteroatoms. The molecule has 1 aliphatic rings. The molecule has 4 nitrogen and oxygen atoms in total. The molecule has 116 valence electrons. The van der Waals surface area contributed by atoms with Gasteiger partial charge in [-0.2, -0.15) is 0 Å². The molecule has 0 saturated heterocycles. The van der Waals surface area contributed by atoms with Crippen LogP contribution in [0.25, 0.3) is 0 Å². The summed E-state index contributed by atoms with van der Waals surface area (Å²) in [5, 5.41) is 0. The number of benzene rings is 2. The standard InChI is InChI=1S/C17H19O4P/c1-12-5-4-6-17(7-12)21-22(18)19-10-15-8-13(2)14(3)9-16(15)11-20-22/h4-9H,10-11H2,1-3H3. The number of phosphoric acid groups is 1. The second kappa shape index (κ2) is 5.88. The lowest BCUT2D eigenvalue weighted by molar-refractivity contribution is 0.155. The van der Waals surface area contributed by atoms with Crippen LogP contribution in [-0.4, -0.2) is 0 Å². The summed E-state index contributed by atoms with van der Waals surface area (Å²) in [6, 6.07) is 11.4. The van der Waals surface area contributed by atoms with Crippen molar-refractivity contribution in [3.8, 4) is 5.75 Å². The fourth-order valence-electron chi connectivity index (χ4n) is 2.39. The maximum atomic E-state index is 12.7. The van der Waals surface area contributed by atoms with Crippen molar-refractivity contribution in [1.29, 1.82) is 0 Å². The molecule has 0 fully saturated rings. The summed E-state index contributed by atoms with van der Waals surface area (Å²) in [6.07, 6.45) is 0.